The van der Waals surface area contributed by atoms with Crippen molar-refractivity contribution < 1.29 is 24.0 Å². The van der Waals surface area contributed by atoms with Crippen LogP contribution in [0, 0.1) is 13.8 Å². The number of carbonyl (C=O) groups is 2. The lowest BCUT2D eigenvalue weighted by Crippen LogP contribution is -2.30. The van der Waals surface area contributed by atoms with E-state index in [2.05, 4.69) is 37.2 Å². The van der Waals surface area contributed by atoms with Gasteiger partial charge in [-0.05, 0) is 86.2 Å². The maximum absolute atomic E-state index is 13.2. The Bertz CT molecular complexity index is 1870. The fraction of sp³-hybridized carbons (Fsp3) is 0.265. The van der Waals surface area contributed by atoms with E-state index in [4.69, 9.17) is 9.26 Å². The molecule has 212 valence electrons. The number of nitrogens with zero attached hydrogens (tertiary/aromatic N) is 3. The van der Waals surface area contributed by atoms with E-state index in [-0.39, 0.29) is 11.5 Å². The zero-order valence-corrected chi connectivity index (χ0v) is 23.8. The van der Waals surface area contributed by atoms with Crippen LogP contribution in [-0.4, -0.2) is 26.7 Å². The molecule has 2 aromatic heterocycles. The van der Waals surface area contributed by atoms with Gasteiger partial charge in [0.2, 0.25) is 5.91 Å². The Morgan fingerprint density at radius 2 is 1.86 bits per heavy atom. The first-order valence-corrected chi connectivity index (χ1v) is 14.3. The Morgan fingerprint density at radius 3 is 2.60 bits per heavy atom. The molecule has 0 unspecified atom stereocenters. The molecule has 1 aliphatic carbocycles. The van der Waals surface area contributed by atoms with E-state index >= 15 is 0 Å². The maximum atomic E-state index is 13.2. The number of aryl methyl sites for hydroxylation is 4. The van der Waals surface area contributed by atoms with Gasteiger partial charge in [-0.1, -0.05) is 23.4 Å². The molecule has 0 saturated heterocycles. The third-order valence-electron chi connectivity index (χ3n) is 8.48. The first-order chi connectivity index (χ1) is 20.3. The minimum atomic E-state index is -0.975. The fourth-order valence-corrected chi connectivity index (χ4v) is 6.19. The summed E-state index contributed by atoms with van der Waals surface area (Å²) >= 11 is 0. The van der Waals surface area contributed by atoms with Gasteiger partial charge in [0.1, 0.15) is 23.8 Å². The van der Waals surface area contributed by atoms with Crippen molar-refractivity contribution >= 4 is 34.2 Å². The number of benzene rings is 3. The van der Waals surface area contributed by atoms with Crippen LogP contribution < -0.4 is 9.64 Å². The Hall–Kier alpha value is -4.85. The van der Waals surface area contributed by atoms with Crippen LogP contribution in [-0.2, 0) is 24.9 Å². The van der Waals surface area contributed by atoms with Crippen molar-refractivity contribution in [2.24, 2.45) is 7.05 Å². The molecule has 1 saturated carbocycles. The molecule has 0 atom stereocenters. The first-order valence-electron chi connectivity index (χ1n) is 14.3. The zero-order valence-electron chi connectivity index (χ0n) is 23.8. The normalized spacial score (nSPS) is 14.8. The maximum Gasteiger partial charge on any atom is 0.337 e. The second kappa shape index (κ2) is 9.91. The molecule has 1 aliphatic heterocycles. The lowest BCUT2D eigenvalue weighted by atomic mass is 9.96. The van der Waals surface area contributed by atoms with Crippen molar-refractivity contribution in [2.45, 2.75) is 52.1 Å². The minimum Gasteiger partial charge on any atom is -0.489 e. The summed E-state index contributed by atoms with van der Waals surface area (Å²) in [4.78, 5) is 26.6. The van der Waals surface area contributed by atoms with Crippen molar-refractivity contribution in [1.29, 1.82) is 0 Å². The lowest BCUT2D eigenvalue weighted by Gasteiger charge is -2.30. The monoisotopic (exact) mass is 561 g/mol. The van der Waals surface area contributed by atoms with Crippen molar-refractivity contribution in [1.82, 2.24) is 9.72 Å². The third-order valence-corrected chi connectivity index (χ3v) is 8.48. The van der Waals surface area contributed by atoms with Crippen molar-refractivity contribution in [3.8, 4) is 17.0 Å². The smallest absolute Gasteiger partial charge is 0.337 e. The number of hydrogen-bond acceptors (Lipinski definition) is 5. The molecule has 7 rings (SSSR count). The Morgan fingerprint density at radius 1 is 1.07 bits per heavy atom. The van der Waals surface area contributed by atoms with E-state index < -0.39 is 5.97 Å². The number of aromatic nitrogens is 2. The van der Waals surface area contributed by atoms with E-state index in [9.17, 15) is 14.7 Å². The number of ether oxygens (including phenoxy) is 1. The van der Waals surface area contributed by atoms with E-state index in [1.54, 1.807) is 21.7 Å². The highest BCUT2D eigenvalue weighted by Crippen LogP contribution is 2.45. The third kappa shape index (κ3) is 4.34. The Kier molecular flexibility index (Phi) is 6.15. The molecule has 8 nitrogen and oxygen atoms in total. The van der Waals surface area contributed by atoms with Crippen molar-refractivity contribution in [2.75, 3.05) is 4.90 Å². The van der Waals surface area contributed by atoms with E-state index in [0.29, 0.717) is 36.4 Å². The molecule has 1 N–H and O–H groups in total. The van der Waals surface area contributed by atoms with Crippen LogP contribution >= 0.6 is 0 Å². The highest BCUT2D eigenvalue weighted by Gasteiger charge is 2.33. The number of amides is 1. The lowest BCUT2D eigenvalue weighted by molar-refractivity contribution is -0.118. The highest BCUT2D eigenvalue weighted by molar-refractivity contribution is 6.07. The molecule has 0 bridgehead atoms. The van der Waals surface area contributed by atoms with Gasteiger partial charge in [0.15, 0.2) is 0 Å². The summed E-state index contributed by atoms with van der Waals surface area (Å²) in [6, 6.07) is 17.5. The average molecular weight is 562 g/mol. The van der Waals surface area contributed by atoms with Gasteiger partial charge in [0, 0.05) is 36.5 Å². The molecular formula is C34H31N3O5. The molecule has 42 heavy (non-hydrogen) atoms. The summed E-state index contributed by atoms with van der Waals surface area (Å²) in [5.74, 6) is 1.06. The number of aromatic carboxylic acids is 1. The minimum absolute atomic E-state index is 0.0000233. The number of rotatable bonds is 7. The van der Waals surface area contributed by atoms with Crippen LogP contribution in [0.4, 0.5) is 11.4 Å². The number of hydrogen-bond donors (Lipinski definition) is 1. The van der Waals surface area contributed by atoms with Crippen LogP contribution in [0.5, 0.6) is 5.75 Å². The number of carboxylic acids is 1. The van der Waals surface area contributed by atoms with E-state index in [1.807, 2.05) is 37.4 Å². The zero-order chi connectivity index (χ0) is 29.1. The Labute approximate surface area is 243 Å². The largest absolute Gasteiger partial charge is 0.489 e. The second-order valence-corrected chi connectivity index (χ2v) is 11.4. The van der Waals surface area contributed by atoms with Gasteiger partial charge in [0.05, 0.1) is 28.0 Å². The van der Waals surface area contributed by atoms with Crippen molar-refractivity contribution in [3.05, 3.63) is 94.4 Å². The summed E-state index contributed by atoms with van der Waals surface area (Å²) in [6.07, 6.45) is 4.79. The molecule has 0 radical (unpaired) electrons. The summed E-state index contributed by atoms with van der Waals surface area (Å²) in [6.45, 7) is 4.53. The van der Waals surface area contributed by atoms with Gasteiger partial charge in [-0.15, -0.1) is 0 Å². The predicted octanol–water partition coefficient (Wildman–Crippen LogP) is 7.22. The van der Waals surface area contributed by atoms with Gasteiger partial charge in [-0.25, -0.2) is 4.79 Å². The number of anilines is 2. The fourth-order valence-electron chi connectivity index (χ4n) is 6.19. The summed E-state index contributed by atoms with van der Waals surface area (Å²) < 4.78 is 14.0. The molecule has 2 aliphatic rings. The Balaban J connectivity index is 1.19. The SMILES string of the molecule is Cc1cccc(C)c1-c1noc(C2CC2)c1COc1ccc2c(c1)CCC(=O)N2c1ccc2c(C(=O)O)cn(C)c2c1. The van der Waals surface area contributed by atoms with Crippen LogP contribution in [0.25, 0.3) is 22.2 Å². The summed E-state index contributed by atoms with van der Waals surface area (Å²) in [5, 5.41) is 14.7. The molecule has 1 fully saturated rings. The molecule has 1 amide bonds. The second-order valence-electron chi connectivity index (χ2n) is 11.4. The predicted molar refractivity (Wildman–Crippen MR) is 160 cm³/mol. The number of carbonyl (C=O) groups excluding carboxylic acids is 1. The molecule has 0 spiro atoms. The van der Waals surface area contributed by atoms with Crippen LogP contribution in [0.1, 0.15) is 63.6 Å². The van der Waals surface area contributed by atoms with Gasteiger partial charge in [0.25, 0.3) is 0 Å². The first kappa shape index (κ1) is 26.1. The topological polar surface area (TPSA) is 97.8 Å². The van der Waals surface area contributed by atoms with Gasteiger partial charge >= 0.3 is 5.97 Å². The highest BCUT2D eigenvalue weighted by atomic mass is 16.5. The van der Waals surface area contributed by atoms with E-state index in [0.717, 1.165) is 69.1 Å². The average Bonchev–Trinajstić information content (AvgIpc) is 3.65. The summed E-state index contributed by atoms with van der Waals surface area (Å²) in [5.41, 5.74) is 8.78. The summed E-state index contributed by atoms with van der Waals surface area (Å²) in [7, 11) is 1.81. The molecular weight excluding hydrogens is 530 g/mol. The van der Waals surface area contributed by atoms with E-state index in [1.165, 1.54) is 0 Å². The number of fused-ring (bicyclic) bond motifs is 2. The molecule has 8 heteroatoms. The van der Waals surface area contributed by atoms with Gasteiger partial charge < -0.3 is 18.9 Å². The van der Waals surface area contributed by atoms with Crippen LogP contribution in [0.2, 0.25) is 0 Å². The molecule has 3 aromatic carbocycles. The van der Waals surface area contributed by atoms with Gasteiger partial charge in [-0.3, -0.25) is 9.69 Å². The van der Waals surface area contributed by atoms with Crippen molar-refractivity contribution in [3.63, 3.8) is 0 Å². The van der Waals surface area contributed by atoms with Gasteiger partial charge in [-0.2, -0.15) is 0 Å². The molecule has 5 aromatic rings. The standard InChI is InChI=1S/C34H31N3O5/c1-19-5-4-6-20(2)31(19)32-27(33(42-35-32)21-7-8-21)18-41-24-11-13-28-22(15-24)9-14-30(38)37(28)23-10-12-25-26(34(39)40)17-36(3)29(25)16-23/h4-6,10-13,15-17,21H,7-9,14,18H2,1-3H3,(H,39,40). The molecule has 3 heterocycles. The quantitative estimate of drug-likeness (QED) is 0.225. The number of carboxylic acid groups (broad SMARTS) is 1. The van der Waals surface area contributed by atoms with Crippen LogP contribution in [0.15, 0.2) is 65.3 Å². The van der Waals surface area contributed by atoms with Crippen LogP contribution in [0.3, 0.4) is 0 Å².